The first-order valence-corrected chi connectivity index (χ1v) is 10.5. The molecule has 1 rings (SSSR count). The molecule has 0 N–H and O–H groups in total. The van der Waals surface area contributed by atoms with Gasteiger partial charge in [-0.15, -0.1) is 0 Å². The third kappa shape index (κ3) is 6.39. The number of nitrogens with zero attached hydrogens (tertiary/aromatic N) is 1. The molecular formula is C22H41NO4. The van der Waals surface area contributed by atoms with E-state index in [9.17, 15) is 9.59 Å². The van der Waals surface area contributed by atoms with Crippen molar-refractivity contribution >= 4 is 12.1 Å². The van der Waals surface area contributed by atoms with Crippen LogP contribution in [0, 0.1) is 17.3 Å². The van der Waals surface area contributed by atoms with Crippen LogP contribution in [0.5, 0.6) is 0 Å². The van der Waals surface area contributed by atoms with Crippen molar-refractivity contribution in [1.29, 1.82) is 0 Å². The molecule has 0 saturated carbocycles. The van der Waals surface area contributed by atoms with Crippen molar-refractivity contribution in [3.8, 4) is 0 Å². The fourth-order valence-corrected chi connectivity index (χ4v) is 3.67. The molecule has 1 atom stereocenters. The van der Waals surface area contributed by atoms with E-state index < -0.39 is 16.6 Å². The molecule has 0 bridgehead atoms. The highest BCUT2D eigenvalue weighted by Gasteiger charge is 2.45. The van der Waals surface area contributed by atoms with Crippen LogP contribution in [-0.4, -0.2) is 41.3 Å². The van der Waals surface area contributed by atoms with Crippen LogP contribution in [-0.2, 0) is 14.3 Å². The van der Waals surface area contributed by atoms with Gasteiger partial charge >= 0.3 is 12.1 Å². The number of ether oxygens (including phenoxy) is 2. The van der Waals surface area contributed by atoms with Gasteiger partial charge < -0.3 is 14.4 Å². The first-order chi connectivity index (χ1) is 12.2. The van der Waals surface area contributed by atoms with Crippen molar-refractivity contribution in [3.05, 3.63) is 0 Å². The third-order valence-corrected chi connectivity index (χ3v) is 5.85. The number of hydrogen-bond acceptors (Lipinski definition) is 4. The molecule has 0 aromatic heterocycles. The summed E-state index contributed by atoms with van der Waals surface area (Å²) in [4.78, 5) is 27.2. The van der Waals surface area contributed by atoms with Gasteiger partial charge in [-0.1, -0.05) is 34.6 Å². The molecule has 1 saturated heterocycles. The minimum Gasteiger partial charge on any atom is -0.459 e. The van der Waals surface area contributed by atoms with E-state index in [2.05, 4.69) is 34.6 Å². The summed E-state index contributed by atoms with van der Waals surface area (Å²) in [6.07, 6.45) is 2.60. The SMILES string of the molecule is CCC1(OC(=O)C(C)(CC(C)C)C(C)C)CCN(C(=O)OC(C)(C)C)CC1. The molecule has 1 unspecified atom stereocenters. The first-order valence-electron chi connectivity index (χ1n) is 10.5. The molecule has 27 heavy (non-hydrogen) atoms. The van der Waals surface area contributed by atoms with Crippen LogP contribution >= 0.6 is 0 Å². The van der Waals surface area contributed by atoms with Crippen LogP contribution in [0.2, 0.25) is 0 Å². The lowest BCUT2D eigenvalue weighted by Crippen LogP contribution is -2.51. The van der Waals surface area contributed by atoms with E-state index in [0.29, 0.717) is 31.8 Å². The van der Waals surface area contributed by atoms with Gasteiger partial charge in [-0.3, -0.25) is 4.79 Å². The van der Waals surface area contributed by atoms with Gasteiger partial charge in [0.15, 0.2) is 0 Å². The summed E-state index contributed by atoms with van der Waals surface area (Å²) in [7, 11) is 0. The summed E-state index contributed by atoms with van der Waals surface area (Å²) < 4.78 is 11.6. The van der Waals surface area contributed by atoms with Gasteiger partial charge in [-0.2, -0.15) is 0 Å². The Morgan fingerprint density at radius 2 is 1.56 bits per heavy atom. The van der Waals surface area contributed by atoms with Crippen LogP contribution in [0.15, 0.2) is 0 Å². The molecule has 1 amide bonds. The van der Waals surface area contributed by atoms with Crippen molar-refractivity contribution in [2.45, 2.75) is 99.2 Å². The highest BCUT2D eigenvalue weighted by atomic mass is 16.6. The molecular weight excluding hydrogens is 342 g/mol. The number of likely N-dealkylation sites (tertiary alicyclic amines) is 1. The van der Waals surface area contributed by atoms with Crippen LogP contribution in [0.4, 0.5) is 4.79 Å². The van der Waals surface area contributed by atoms with E-state index in [-0.39, 0.29) is 18.0 Å². The minimum absolute atomic E-state index is 0.0984. The van der Waals surface area contributed by atoms with Crippen LogP contribution in [0.3, 0.4) is 0 Å². The van der Waals surface area contributed by atoms with Gasteiger partial charge in [-0.25, -0.2) is 4.79 Å². The Labute approximate surface area is 166 Å². The summed E-state index contributed by atoms with van der Waals surface area (Å²) in [5, 5.41) is 0. The van der Waals surface area contributed by atoms with Crippen LogP contribution in [0.25, 0.3) is 0 Å². The molecule has 158 valence electrons. The van der Waals surface area contributed by atoms with E-state index >= 15 is 0 Å². The van der Waals surface area contributed by atoms with Gasteiger partial charge in [0.2, 0.25) is 0 Å². The second kappa shape index (κ2) is 8.83. The topological polar surface area (TPSA) is 55.8 Å². The summed E-state index contributed by atoms with van der Waals surface area (Å²) in [5.74, 6) is 0.540. The molecule has 1 aliphatic rings. The number of rotatable bonds is 6. The average Bonchev–Trinajstić information content (AvgIpc) is 2.52. The maximum absolute atomic E-state index is 13.1. The number of hydrogen-bond donors (Lipinski definition) is 0. The van der Waals surface area contributed by atoms with Crippen LogP contribution in [0.1, 0.15) is 88.0 Å². The van der Waals surface area contributed by atoms with Crippen molar-refractivity contribution in [2.75, 3.05) is 13.1 Å². The molecule has 5 nitrogen and oxygen atoms in total. The van der Waals surface area contributed by atoms with Crippen molar-refractivity contribution in [3.63, 3.8) is 0 Å². The zero-order valence-corrected chi connectivity index (χ0v) is 19.0. The average molecular weight is 384 g/mol. The van der Waals surface area contributed by atoms with E-state index in [0.717, 1.165) is 12.8 Å². The summed E-state index contributed by atoms with van der Waals surface area (Å²) in [6.45, 7) is 19.3. The standard InChI is InChI=1S/C22H41NO4/c1-10-22(26-18(24)21(9,17(4)5)15-16(2)3)11-13-23(14-12-22)19(25)27-20(6,7)8/h16-17H,10-15H2,1-9H3. The van der Waals surface area contributed by atoms with Crippen molar-refractivity contribution in [2.24, 2.45) is 17.3 Å². The first kappa shape index (κ1) is 23.8. The second-order valence-electron chi connectivity index (χ2n) is 10.1. The molecule has 0 aliphatic carbocycles. The molecule has 1 fully saturated rings. The minimum atomic E-state index is -0.501. The lowest BCUT2D eigenvalue weighted by atomic mass is 9.73. The Morgan fingerprint density at radius 1 is 1.04 bits per heavy atom. The Hall–Kier alpha value is -1.26. The van der Waals surface area contributed by atoms with Gasteiger partial charge in [0.1, 0.15) is 11.2 Å². The lowest BCUT2D eigenvalue weighted by molar-refractivity contribution is -0.180. The molecule has 0 aromatic rings. The van der Waals surface area contributed by atoms with E-state index in [4.69, 9.17) is 9.47 Å². The van der Waals surface area contributed by atoms with Crippen LogP contribution < -0.4 is 0 Å². The lowest BCUT2D eigenvalue weighted by Gasteiger charge is -2.43. The highest BCUT2D eigenvalue weighted by molar-refractivity contribution is 5.77. The Morgan fingerprint density at radius 3 is 1.93 bits per heavy atom. The van der Waals surface area contributed by atoms with E-state index in [1.165, 1.54) is 0 Å². The highest BCUT2D eigenvalue weighted by Crippen LogP contribution is 2.39. The molecule has 1 aliphatic heterocycles. The number of carbonyl (C=O) groups excluding carboxylic acids is 2. The number of esters is 1. The zero-order valence-electron chi connectivity index (χ0n) is 19.0. The Bertz CT molecular complexity index is 513. The Kier molecular flexibility index (Phi) is 7.78. The van der Waals surface area contributed by atoms with E-state index in [1.807, 2.05) is 27.7 Å². The largest absolute Gasteiger partial charge is 0.459 e. The number of carbonyl (C=O) groups is 2. The molecule has 5 heteroatoms. The monoisotopic (exact) mass is 383 g/mol. The third-order valence-electron chi connectivity index (χ3n) is 5.85. The molecule has 0 aromatic carbocycles. The molecule has 0 spiro atoms. The maximum atomic E-state index is 13.1. The zero-order chi connectivity index (χ0) is 21.0. The number of amides is 1. The normalized spacial score (nSPS) is 19.7. The predicted octanol–water partition coefficient (Wildman–Crippen LogP) is 5.42. The van der Waals surface area contributed by atoms with Gasteiger partial charge in [0, 0.05) is 25.9 Å². The van der Waals surface area contributed by atoms with Gasteiger partial charge in [0.05, 0.1) is 5.41 Å². The number of piperidine rings is 1. The quantitative estimate of drug-likeness (QED) is 0.575. The Balaban J connectivity index is 2.81. The summed E-state index contributed by atoms with van der Waals surface area (Å²) in [6, 6.07) is 0. The molecule has 1 heterocycles. The fourth-order valence-electron chi connectivity index (χ4n) is 3.67. The van der Waals surface area contributed by atoms with Gasteiger partial charge in [0.25, 0.3) is 0 Å². The van der Waals surface area contributed by atoms with Crippen molar-refractivity contribution in [1.82, 2.24) is 4.90 Å². The van der Waals surface area contributed by atoms with Gasteiger partial charge in [-0.05, 0) is 52.4 Å². The summed E-state index contributed by atoms with van der Waals surface area (Å²) in [5.41, 5.74) is -1.47. The smallest absolute Gasteiger partial charge is 0.410 e. The summed E-state index contributed by atoms with van der Waals surface area (Å²) >= 11 is 0. The maximum Gasteiger partial charge on any atom is 0.410 e. The van der Waals surface area contributed by atoms with E-state index in [1.54, 1.807) is 4.90 Å². The predicted molar refractivity (Wildman–Crippen MR) is 109 cm³/mol. The fraction of sp³-hybridized carbons (Fsp3) is 0.909. The second-order valence-corrected chi connectivity index (χ2v) is 10.1. The van der Waals surface area contributed by atoms with Crippen molar-refractivity contribution < 1.29 is 19.1 Å². The molecule has 0 radical (unpaired) electrons.